The third-order valence-corrected chi connectivity index (χ3v) is 13.0. The Morgan fingerprint density at radius 3 is 1.58 bits per heavy atom. The van der Waals surface area contributed by atoms with E-state index in [4.69, 9.17) is 0 Å². The van der Waals surface area contributed by atoms with Crippen LogP contribution in [-0.2, 0) is 0 Å². The molecule has 0 aliphatic carbocycles. The zero-order valence-electron chi connectivity index (χ0n) is 36.3. The monoisotopic (exact) mass is 840 g/mol. The molecule has 0 aliphatic rings. The van der Waals surface area contributed by atoms with Crippen LogP contribution >= 0.6 is 0 Å². The highest BCUT2D eigenvalue weighted by molar-refractivity contribution is 6.10. The standard InChI is InChI=1S/C64H44N2/c1-3-19-47(20-4-1)55-26-9-10-27-56(55)57-28-11-12-29-58(57)59-30-13-15-32-62(59)65(53-39-36-46(37-40-53)50-35-34-45-18-7-8-21-48(45)42-50)54-25-17-22-49(43-54)51-38-41-64-61(44-51)60-31-14-16-33-63(60)66(64)52-23-5-2-6-24-52/h1-44H. The van der Waals surface area contributed by atoms with Gasteiger partial charge in [-0.2, -0.15) is 0 Å². The average Bonchev–Trinajstić information content (AvgIpc) is 3.73. The molecule has 0 saturated heterocycles. The van der Waals surface area contributed by atoms with Crippen molar-refractivity contribution >= 4 is 49.6 Å². The van der Waals surface area contributed by atoms with E-state index in [0.717, 1.165) is 33.9 Å². The van der Waals surface area contributed by atoms with Gasteiger partial charge in [-0.05, 0) is 128 Å². The van der Waals surface area contributed by atoms with E-state index in [2.05, 4.69) is 276 Å². The first-order chi connectivity index (χ1) is 32.7. The van der Waals surface area contributed by atoms with Crippen LogP contribution in [0, 0.1) is 0 Å². The van der Waals surface area contributed by atoms with Gasteiger partial charge in [0.2, 0.25) is 0 Å². The van der Waals surface area contributed by atoms with Crippen LogP contribution in [0.3, 0.4) is 0 Å². The molecule has 12 rings (SSSR count). The molecule has 0 unspecified atom stereocenters. The molecule has 0 atom stereocenters. The molecule has 11 aromatic carbocycles. The maximum atomic E-state index is 2.43. The summed E-state index contributed by atoms with van der Waals surface area (Å²) in [5, 5.41) is 4.95. The summed E-state index contributed by atoms with van der Waals surface area (Å²) in [7, 11) is 0. The number of anilines is 3. The molecule has 1 heterocycles. The van der Waals surface area contributed by atoms with Crippen molar-refractivity contribution in [3.63, 3.8) is 0 Å². The maximum absolute atomic E-state index is 2.43. The Hall–Kier alpha value is -8.72. The quantitative estimate of drug-likeness (QED) is 0.141. The first kappa shape index (κ1) is 38.9. The smallest absolute Gasteiger partial charge is 0.0541 e. The van der Waals surface area contributed by atoms with Gasteiger partial charge in [0.25, 0.3) is 0 Å². The summed E-state index contributed by atoms with van der Waals surface area (Å²) in [6, 6.07) is 97.0. The van der Waals surface area contributed by atoms with Crippen LogP contribution in [0.15, 0.2) is 267 Å². The number of hydrogen-bond acceptors (Lipinski definition) is 1. The molecule has 66 heavy (non-hydrogen) atoms. The lowest BCUT2D eigenvalue weighted by atomic mass is 9.88. The summed E-state index contributed by atoms with van der Waals surface area (Å²) < 4.78 is 2.38. The number of hydrogen-bond donors (Lipinski definition) is 0. The van der Waals surface area contributed by atoms with Crippen LogP contribution < -0.4 is 4.90 Å². The summed E-state index contributed by atoms with van der Waals surface area (Å²) >= 11 is 0. The number of para-hydroxylation sites is 3. The highest BCUT2D eigenvalue weighted by Crippen LogP contribution is 2.46. The highest BCUT2D eigenvalue weighted by atomic mass is 15.1. The molecule has 0 fully saturated rings. The zero-order valence-corrected chi connectivity index (χ0v) is 36.3. The first-order valence-corrected chi connectivity index (χ1v) is 22.7. The molecule has 2 heteroatoms. The van der Waals surface area contributed by atoms with Crippen molar-refractivity contribution in [3.05, 3.63) is 267 Å². The fourth-order valence-corrected chi connectivity index (χ4v) is 9.87. The van der Waals surface area contributed by atoms with Gasteiger partial charge in [0.15, 0.2) is 0 Å². The average molecular weight is 841 g/mol. The largest absolute Gasteiger partial charge is 0.310 e. The molecule has 12 aromatic rings. The van der Waals surface area contributed by atoms with Gasteiger partial charge in [-0.15, -0.1) is 0 Å². The van der Waals surface area contributed by atoms with Crippen molar-refractivity contribution in [2.45, 2.75) is 0 Å². The second kappa shape index (κ2) is 16.8. The van der Waals surface area contributed by atoms with Crippen molar-refractivity contribution in [1.29, 1.82) is 0 Å². The van der Waals surface area contributed by atoms with E-state index in [9.17, 15) is 0 Å². The van der Waals surface area contributed by atoms with Crippen LogP contribution in [0.25, 0.3) is 93.9 Å². The van der Waals surface area contributed by atoms with Gasteiger partial charge in [0, 0.05) is 33.4 Å². The minimum absolute atomic E-state index is 1.08. The van der Waals surface area contributed by atoms with Gasteiger partial charge in [-0.25, -0.2) is 0 Å². The molecule has 0 bridgehead atoms. The first-order valence-electron chi connectivity index (χ1n) is 22.7. The van der Waals surface area contributed by atoms with Gasteiger partial charge in [-0.1, -0.05) is 200 Å². The molecule has 0 spiro atoms. The van der Waals surface area contributed by atoms with Crippen LogP contribution in [0.5, 0.6) is 0 Å². The molecular weight excluding hydrogens is 797 g/mol. The van der Waals surface area contributed by atoms with Crippen molar-refractivity contribution in [1.82, 2.24) is 4.57 Å². The number of rotatable bonds is 9. The second-order valence-electron chi connectivity index (χ2n) is 16.9. The van der Waals surface area contributed by atoms with E-state index in [1.807, 2.05) is 0 Å². The van der Waals surface area contributed by atoms with Gasteiger partial charge in [0.05, 0.1) is 16.7 Å². The fraction of sp³-hybridized carbons (Fsp3) is 0. The minimum Gasteiger partial charge on any atom is -0.310 e. The number of aromatic nitrogens is 1. The van der Waals surface area contributed by atoms with Gasteiger partial charge >= 0.3 is 0 Å². The molecular formula is C64H44N2. The molecule has 2 nitrogen and oxygen atoms in total. The van der Waals surface area contributed by atoms with Crippen molar-refractivity contribution < 1.29 is 0 Å². The summed E-state index contributed by atoms with van der Waals surface area (Å²) in [5.74, 6) is 0. The fourth-order valence-electron chi connectivity index (χ4n) is 9.87. The van der Waals surface area contributed by atoms with Crippen LogP contribution in [0.2, 0.25) is 0 Å². The summed E-state index contributed by atoms with van der Waals surface area (Å²) in [4.78, 5) is 2.43. The molecule has 0 N–H and O–H groups in total. The van der Waals surface area contributed by atoms with Crippen LogP contribution in [0.1, 0.15) is 0 Å². The Bertz CT molecular complexity index is 3700. The zero-order chi connectivity index (χ0) is 43.8. The van der Waals surface area contributed by atoms with Crippen molar-refractivity contribution in [2.24, 2.45) is 0 Å². The van der Waals surface area contributed by atoms with E-state index < -0.39 is 0 Å². The lowest BCUT2D eigenvalue weighted by molar-refractivity contribution is 1.18. The predicted octanol–water partition coefficient (Wildman–Crippen LogP) is 17.7. The van der Waals surface area contributed by atoms with Gasteiger partial charge in [-0.3, -0.25) is 0 Å². The van der Waals surface area contributed by atoms with E-state index in [1.165, 1.54) is 77.1 Å². The Morgan fingerprint density at radius 2 is 0.788 bits per heavy atom. The number of fused-ring (bicyclic) bond motifs is 4. The third kappa shape index (κ3) is 7.02. The Kier molecular flexibility index (Phi) is 9.89. The molecule has 1 aromatic heterocycles. The van der Waals surface area contributed by atoms with E-state index in [-0.39, 0.29) is 0 Å². The third-order valence-electron chi connectivity index (χ3n) is 13.0. The topological polar surface area (TPSA) is 8.17 Å². The minimum atomic E-state index is 1.08. The normalized spacial score (nSPS) is 11.3. The lowest BCUT2D eigenvalue weighted by Crippen LogP contribution is -2.11. The summed E-state index contributed by atoms with van der Waals surface area (Å²) in [6.45, 7) is 0. The molecule has 0 amide bonds. The number of nitrogens with zero attached hydrogens (tertiary/aromatic N) is 2. The molecule has 310 valence electrons. The highest BCUT2D eigenvalue weighted by Gasteiger charge is 2.21. The molecule has 0 aliphatic heterocycles. The van der Waals surface area contributed by atoms with E-state index >= 15 is 0 Å². The Balaban J connectivity index is 1.02. The second-order valence-corrected chi connectivity index (χ2v) is 16.9. The molecule has 0 saturated carbocycles. The summed E-state index contributed by atoms with van der Waals surface area (Å²) in [6.07, 6.45) is 0. The Morgan fingerprint density at radius 1 is 0.258 bits per heavy atom. The SMILES string of the molecule is c1ccc(-c2ccccc2-c2ccccc2-c2ccccc2N(c2ccc(-c3ccc4ccccc4c3)cc2)c2cccc(-c3ccc4c(c3)c3ccccc3n4-c3ccccc3)c2)cc1. The Labute approximate surface area is 385 Å². The van der Waals surface area contributed by atoms with Crippen LogP contribution in [-0.4, -0.2) is 4.57 Å². The van der Waals surface area contributed by atoms with Crippen molar-refractivity contribution in [3.8, 4) is 61.3 Å². The summed E-state index contributed by atoms with van der Waals surface area (Å²) in [5.41, 5.74) is 18.6. The lowest BCUT2D eigenvalue weighted by Gasteiger charge is -2.29. The van der Waals surface area contributed by atoms with Crippen molar-refractivity contribution in [2.75, 3.05) is 4.90 Å². The van der Waals surface area contributed by atoms with E-state index in [1.54, 1.807) is 0 Å². The maximum Gasteiger partial charge on any atom is 0.0541 e. The number of benzene rings is 11. The van der Waals surface area contributed by atoms with Crippen LogP contribution in [0.4, 0.5) is 17.1 Å². The van der Waals surface area contributed by atoms with Gasteiger partial charge < -0.3 is 9.47 Å². The predicted molar refractivity (Wildman–Crippen MR) is 280 cm³/mol. The molecule has 0 radical (unpaired) electrons. The van der Waals surface area contributed by atoms with Gasteiger partial charge in [0.1, 0.15) is 0 Å². The van der Waals surface area contributed by atoms with E-state index in [0.29, 0.717) is 0 Å².